The largest absolute Gasteiger partial charge is 0.327 e. The highest BCUT2D eigenvalue weighted by atomic mass is 127. The molecule has 92 valence electrons. The molecule has 1 aromatic carbocycles. The number of rotatable bonds is 2. The average Bonchev–Trinajstić information content (AvgIpc) is 2.93. The second-order valence-electron chi connectivity index (χ2n) is 4.16. The van der Waals surface area contributed by atoms with E-state index in [1.807, 2.05) is 0 Å². The molecule has 0 radical (unpaired) electrons. The van der Waals surface area contributed by atoms with Gasteiger partial charge in [0, 0.05) is 24.5 Å². The summed E-state index contributed by atoms with van der Waals surface area (Å²) in [6, 6.07) is 8.38. The lowest BCUT2D eigenvalue weighted by molar-refractivity contribution is 0.960. The molecule has 0 fully saturated rings. The van der Waals surface area contributed by atoms with Gasteiger partial charge >= 0.3 is 0 Å². The van der Waals surface area contributed by atoms with E-state index in [4.69, 9.17) is 10.7 Å². The molecule has 3 rings (SSSR count). The maximum atomic E-state index is 5.67. The molecule has 0 aliphatic carbocycles. The summed E-state index contributed by atoms with van der Waals surface area (Å²) in [5, 5.41) is 2.15. The van der Waals surface area contributed by atoms with Crippen LogP contribution < -0.4 is 5.73 Å². The summed E-state index contributed by atoms with van der Waals surface area (Å²) < 4.78 is 3.41. The van der Waals surface area contributed by atoms with Crippen LogP contribution in [-0.2, 0) is 13.6 Å². The number of imidazole rings is 1. The van der Waals surface area contributed by atoms with Crippen molar-refractivity contribution in [3.05, 3.63) is 38.1 Å². The number of hydrogen-bond acceptors (Lipinski definition) is 3. The van der Waals surface area contributed by atoms with Gasteiger partial charge in [-0.2, -0.15) is 0 Å². The first-order chi connectivity index (χ1) is 8.69. The molecule has 0 aliphatic heterocycles. The smallest absolute Gasteiger partial charge is 0.141 e. The van der Waals surface area contributed by atoms with E-state index in [1.165, 1.54) is 8.45 Å². The molecule has 3 nitrogen and oxygen atoms in total. The predicted molar refractivity (Wildman–Crippen MR) is 84.6 cm³/mol. The zero-order chi connectivity index (χ0) is 12.7. The SMILES string of the molecule is Cn1c(-c2csc(I)c2)nc2cc(CN)ccc21. The van der Waals surface area contributed by atoms with E-state index in [0.717, 1.165) is 22.4 Å². The van der Waals surface area contributed by atoms with Crippen LogP contribution in [0, 0.1) is 2.88 Å². The molecule has 0 amide bonds. The lowest BCUT2D eigenvalue weighted by Crippen LogP contribution is -1.95. The van der Waals surface area contributed by atoms with Crippen LogP contribution in [0.2, 0.25) is 0 Å². The summed E-state index contributed by atoms with van der Waals surface area (Å²) in [5.74, 6) is 1.01. The van der Waals surface area contributed by atoms with Crippen LogP contribution in [0.3, 0.4) is 0 Å². The molecular weight excluding hydrogens is 357 g/mol. The first kappa shape index (κ1) is 12.1. The Morgan fingerprint density at radius 2 is 2.22 bits per heavy atom. The molecule has 2 aromatic heterocycles. The number of aryl methyl sites for hydroxylation is 1. The van der Waals surface area contributed by atoms with E-state index < -0.39 is 0 Å². The Balaban J connectivity index is 2.22. The van der Waals surface area contributed by atoms with Crippen molar-refractivity contribution in [2.45, 2.75) is 6.54 Å². The molecule has 0 unspecified atom stereocenters. The third-order valence-electron chi connectivity index (χ3n) is 3.01. The molecule has 5 heteroatoms. The number of benzene rings is 1. The molecule has 0 atom stereocenters. The van der Waals surface area contributed by atoms with Gasteiger partial charge in [-0.3, -0.25) is 0 Å². The minimum absolute atomic E-state index is 0.554. The number of thiophene rings is 1. The zero-order valence-corrected chi connectivity index (χ0v) is 12.8. The highest BCUT2D eigenvalue weighted by molar-refractivity contribution is 14.1. The number of nitrogens with zero attached hydrogens (tertiary/aromatic N) is 2. The van der Waals surface area contributed by atoms with E-state index in [-0.39, 0.29) is 0 Å². The summed E-state index contributed by atoms with van der Waals surface area (Å²) in [5.41, 5.74) is 10.1. The number of fused-ring (bicyclic) bond motifs is 1. The van der Waals surface area contributed by atoms with Gasteiger partial charge in [-0.15, -0.1) is 11.3 Å². The zero-order valence-electron chi connectivity index (χ0n) is 9.85. The molecule has 18 heavy (non-hydrogen) atoms. The van der Waals surface area contributed by atoms with Crippen LogP contribution in [0.15, 0.2) is 29.6 Å². The summed E-state index contributed by atoms with van der Waals surface area (Å²) >= 11 is 4.07. The topological polar surface area (TPSA) is 43.8 Å². The van der Waals surface area contributed by atoms with Gasteiger partial charge in [0.1, 0.15) is 5.82 Å². The standard InChI is InChI=1S/C13H12IN3S/c1-17-11-3-2-8(6-15)4-10(11)16-13(17)9-5-12(14)18-7-9/h2-5,7H,6,15H2,1H3. The minimum Gasteiger partial charge on any atom is -0.327 e. The van der Waals surface area contributed by atoms with Crippen molar-refractivity contribution in [1.29, 1.82) is 0 Å². The number of halogens is 1. The van der Waals surface area contributed by atoms with Crippen LogP contribution in [-0.4, -0.2) is 9.55 Å². The lowest BCUT2D eigenvalue weighted by Gasteiger charge is -1.99. The maximum absolute atomic E-state index is 5.67. The van der Waals surface area contributed by atoms with Gasteiger partial charge in [-0.1, -0.05) is 6.07 Å². The van der Waals surface area contributed by atoms with Crippen LogP contribution in [0.5, 0.6) is 0 Å². The predicted octanol–water partition coefficient (Wildman–Crippen LogP) is 3.37. The Labute approximate surface area is 123 Å². The molecule has 0 saturated carbocycles. The fourth-order valence-electron chi connectivity index (χ4n) is 2.06. The number of hydrogen-bond donors (Lipinski definition) is 1. The third kappa shape index (κ3) is 1.96. The van der Waals surface area contributed by atoms with E-state index in [1.54, 1.807) is 11.3 Å². The lowest BCUT2D eigenvalue weighted by atomic mass is 10.2. The van der Waals surface area contributed by atoms with Gasteiger partial charge < -0.3 is 10.3 Å². The Kier molecular flexibility index (Phi) is 3.13. The average molecular weight is 369 g/mol. The van der Waals surface area contributed by atoms with E-state index in [0.29, 0.717) is 6.54 Å². The van der Waals surface area contributed by atoms with Gasteiger partial charge in [-0.05, 0) is 46.4 Å². The van der Waals surface area contributed by atoms with Gasteiger partial charge in [0.25, 0.3) is 0 Å². The molecular formula is C13H12IN3S. The Morgan fingerprint density at radius 1 is 1.39 bits per heavy atom. The monoisotopic (exact) mass is 369 g/mol. The van der Waals surface area contributed by atoms with E-state index in [2.05, 4.69) is 63.9 Å². The minimum atomic E-state index is 0.554. The molecule has 3 aromatic rings. The first-order valence-electron chi connectivity index (χ1n) is 5.59. The van der Waals surface area contributed by atoms with Gasteiger partial charge in [0.2, 0.25) is 0 Å². The molecule has 0 aliphatic rings. The van der Waals surface area contributed by atoms with Gasteiger partial charge in [0.15, 0.2) is 0 Å². The second-order valence-corrected chi connectivity index (χ2v) is 6.97. The highest BCUT2D eigenvalue weighted by Crippen LogP contribution is 2.28. The fraction of sp³-hybridized carbons (Fsp3) is 0.154. The van der Waals surface area contributed by atoms with Crippen molar-refractivity contribution in [3.63, 3.8) is 0 Å². The highest BCUT2D eigenvalue weighted by Gasteiger charge is 2.11. The third-order valence-corrected chi connectivity index (χ3v) is 4.80. The normalized spacial score (nSPS) is 11.3. The van der Waals surface area contributed by atoms with E-state index in [9.17, 15) is 0 Å². The van der Waals surface area contributed by atoms with Crippen LogP contribution in [0.4, 0.5) is 0 Å². The number of aromatic nitrogens is 2. The molecule has 0 spiro atoms. The van der Waals surface area contributed by atoms with E-state index >= 15 is 0 Å². The number of nitrogens with two attached hydrogens (primary N) is 1. The molecule has 2 heterocycles. The van der Waals surface area contributed by atoms with Crippen molar-refractivity contribution in [3.8, 4) is 11.4 Å². The molecule has 0 saturated heterocycles. The van der Waals surface area contributed by atoms with Crippen molar-refractivity contribution in [2.75, 3.05) is 0 Å². The molecule has 2 N–H and O–H groups in total. The van der Waals surface area contributed by atoms with Gasteiger partial charge in [-0.25, -0.2) is 4.98 Å². The second kappa shape index (κ2) is 4.64. The summed E-state index contributed by atoms with van der Waals surface area (Å²) in [6.07, 6.45) is 0. The summed E-state index contributed by atoms with van der Waals surface area (Å²) in [4.78, 5) is 4.72. The van der Waals surface area contributed by atoms with Crippen molar-refractivity contribution >= 4 is 45.0 Å². The van der Waals surface area contributed by atoms with Crippen molar-refractivity contribution in [2.24, 2.45) is 12.8 Å². The van der Waals surface area contributed by atoms with Crippen molar-refractivity contribution in [1.82, 2.24) is 9.55 Å². The fourth-order valence-corrected chi connectivity index (χ4v) is 3.38. The van der Waals surface area contributed by atoms with Gasteiger partial charge in [0.05, 0.1) is 13.9 Å². The quantitative estimate of drug-likeness (QED) is 0.704. The summed E-state index contributed by atoms with van der Waals surface area (Å²) in [7, 11) is 2.05. The Hall–Kier alpha value is -0.920. The maximum Gasteiger partial charge on any atom is 0.141 e. The van der Waals surface area contributed by atoms with Crippen LogP contribution in [0.1, 0.15) is 5.56 Å². The van der Waals surface area contributed by atoms with Crippen LogP contribution in [0.25, 0.3) is 22.4 Å². The van der Waals surface area contributed by atoms with Crippen molar-refractivity contribution < 1.29 is 0 Å². The summed E-state index contributed by atoms with van der Waals surface area (Å²) in [6.45, 7) is 0.554. The Bertz CT molecular complexity index is 714. The Morgan fingerprint density at radius 3 is 2.89 bits per heavy atom. The van der Waals surface area contributed by atoms with Crippen LogP contribution >= 0.6 is 33.9 Å². The molecule has 0 bridgehead atoms. The first-order valence-corrected chi connectivity index (χ1v) is 7.54.